The maximum atomic E-state index is 11.4. The van der Waals surface area contributed by atoms with E-state index in [4.69, 9.17) is 4.98 Å². The van der Waals surface area contributed by atoms with Crippen LogP contribution in [0.5, 0.6) is 0 Å². The van der Waals surface area contributed by atoms with Crippen LogP contribution in [0.2, 0.25) is 0 Å². The number of carbonyl (C=O) groups is 1. The number of rotatable bonds is 3. The van der Waals surface area contributed by atoms with Gasteiger partial charge < -0.3 is 15.0 Å². The molecule has 1 saturated heterocycles. The molecule has 6 heteroatoms. The van der Waals surface area contributed by atoms with Crippen molar-refractivity contribution in [3.63, 3.8) is 0 Å². The summed E-state index contributed by atoms with van der Waals surface area (Å²) in [5.41, 5.74) is 2.76. The van der Waals surface area contributed by atoms with Crippen LogP contribution < -0.4 is 4.90 Å². The normalized spacial score (nSPS) is 17.8. The fraction of sp³-hybridized carbons (Fsp3) is 0.316. The molecule has 1 atom stereocenters. The first-order valence-corrected chi connectivity index (χ1v) is 8.52. The van der Waals surface area contributed by atoms with Gasteiger partial charge in [0, 0.05) is 24.3 Å². The molecule has 128 valence electrons. The molecule has 4 rings (SSSR count). The van der Waals surface area contributed by atoms with Crippen molar-refractivity contribution in [2.45, 2.75) is 19.8 Å². The average molecular weight is 336 g/mol. The van der Waals surface area contributed by atoms with Crippen molar-refractivity contribution in [2.75, 3.05) is 18.0 Å². The lowest BCUT2D eigenvalue weighted by Gasteiger charge is -2.32. The zero-order chi connectivity index (χ0) is 17.4. The topological polar surface area (TPSA) is 82.1 Å². The van der Waals surface area contributed by atoms with E-state index in [0.717, 1.165) is 47.5 Å². The minimum atomic E-state index is -0.733. The van der Waals surface area contributed by atoms with Gasteiger partial charge in [0.2, 0.25) is 0 Å². The third-order valence-electron chi connectivity index (χ3n) is 4.70. The molecular formula is C19H20N4O2. The van der Waals surface area contributed by atoms with Crippen LogP contribution in [0.25, 0.3) is 22.4 Å². The number of aryl methyl sites for hydroxylation is 1. The maximum Gasteiger partial charge on any atom is 0.308 e. The van der Waals surface area contributed by atoms with E-state index in [1.54, 1.807) is 0 Å². The second-order valence-corrected chi connectivity index (χ2v) is 6.57. The molecule has 1 aliphatic rings. The number of carboxylic acid groups (broad SMARTS) is 1. The first-order valence-electron chi connectivity index (χ1n) is 8.52. The number of H-pyrrole nitrogens is 1. The van der Waals surface area contributed by atoms with E-state index in [1.807, 2.05) is 43.3 Å². The highest BCUT2D eigenvalue weighted by molar-refractivity contribution is 5.90. The Morgan fingerprint density at radius 3 is 2.84 bits per heavy atom. The second kappa shape index (κ2) is 6.20. The average Bonchev–Trinajstić information content (AvgIpc) is 3.01. The predicted molar refractivity (Wildman–Crippen MR) is 96.6 cm³/mol. The quantitative estimate of drug-likeness (QED) is 0.767. The fourth-order valence-corrected chi connectivity index (χ4v) is 3.45. The molecule has 1 fully saturated rings. The Bertz CT molecular complexity index is 920. The largest absolute Gasteiger partial charge is 0.481 e. The molecule has 25 heavy (non-hydrogen) atoms. The molecule has 0 saturated carbocycles. The fourth-order valence-electron chi connectivity index (χ4n) is 3.45. The summed E-state index contributed by atoms with van der Waals surface area (Å²) in [7, 11) is 0. The molecule has 3 aromatic rings. The van der Waals surface area contributed by atoms with Gasteiger partial charge in [-0.15, -0.1) is 0 Å². The van der Waals surface area contributed by atoms with Gasteiger partial charge >= 0.3 is 5.97 Å². The number of fused-ring (bicyclic) bond motifs is 1. The van der Waals surface area contributed by atoms with E-state index in [1.165, 1.54) is 0 Å². The lowest BCUT2D eigenvalue weighted by Crippen LogP contribution is -2.39. The number of aromatic nitrogens is 3. The smallest absolute Gasteiger partial charge is 0.308 e. The van der Waals surface area contributed by atoms with E-state index in [0.29, 0.717) is 12.4 Å². The minimum absolute atomic E-state index is 0.348. The number of aliphatic carboxylic acids is 1. The number of piperidine rings is 1. The Morgan fingerprint density at radius 1 is 1.28 bits per heavy atom. The molecule has 0 amide bonds. The van der Waals surface area contributed by atoms with Crippen LogP contribution in [0.4, 0.5) is 5.82 Å². The van der Waals surface area contributed by atoms with Gasteiger partial charge in [-0.25, -0.2) is 9.97 Å². The zero-order valence-electron chi connectivity index (χ0n) is 14.1. The van der Waals surface area contributed by atoms with Gasteiger partial charge in [-0.05, 0) is 25.8 Å². The highest BCUT2D eigenvalue weighted by atomic mass is 16.4. The van der Waals surface area contributed by atoms with Gasteiger partial charge in [0.1, 0.15) is 11.5 Å². The number of hydrogen-bond donors (Lipinski definition) is 2. The molecular weight excluding hydrogens is 316 g/mol. The molecule has 0 spiro atoms. The summed E-state index contributed by atoms with van der Waals surface area (Å²) in [6.45, 7) is 3.29. The van der Waals surface area contributed by atoms with E-state index < -0.39 is 5.97 Å². The van der Waals surface area contributed by atoms with Gasteiger partial charge in [0.25, 0.3) is 0 Å². The lowest BCUT2D eigenvalue weighted by atomic mass is 9.98. The van der Waals surface area contributed by atoms with E-state index in [9.17, 15) is 9.90 Å². The molecule has 1 unspecified atom stereocenters. The number of nitrogens with one attached hydrogen (secondary N) is 1. The molecule has 6 nitrogen and oxygen atoms in total. The van der Waals surface area contributed by atoms with E-state index >= 15 is 0 Å². The Labute approximate surface area is 145 Å². The molecule has 0 aliphatic carbocycles. The second-order valence-electron chi connectivity index (χ2n) is 6.57. The number of anilines is 1. The third kappa shape index (κ3) is 2.95. The van der Waals surface area contributed by atoms with Gasteiger partial charge in [-0.1, -0.05) is 30.3 Å². The predicted octanol–water partition coefficient (Wildman–Crippen LogP) is 3.23. The van der Waals surface area contributed by atoms with E-state index in [2.05, 4.69) is 14.9 Å². The lowest BCUT2D eigenvalue weighted by molar-refractivity contribution is -0.141. The Hall–Kier alpha value is -2.89. The number of carboxylic acids is 1. The standard InChI is InChI=1S/C19H20N4O2/c1-12-10-15-17(20-12)21-16(13-6-3-2-4-7-13)22-18(15)23-9-5-8-14(11-23)19(24)25/h2-4,6-7,10,14H,5,8-9,11H2,1H3,(H,24,25)(H,20,21,22). The van der Waals surface area contributed by atoms with Crippen LogP contribution in [0.1, 0.15) is 18.5 Å². The monoisotopic (exact) mass is 336 g/mol. The number of nitrogens with zero attached hydrogens (tertiary/aromatic N) is 3. The van der Waals surface area contributed by atoms with Crippen molar-refractivity contribution in [2.24, 2.45) is 5.92 Å². The van der Waals surface area contributed by atoms with Crippen LogP contribution in [0.3, 0.4) is 0 Å². The maximum absolute atomic E-state index is 11.4. The summed E-state index contributed by atoms with van der Waals surface area (Å²) in [6, 6.07) is 11.9. The molecule has 0 radical (unpaired) electrons. The summed E-state index contributed by atoms with van der Waals surface area (Å²) in [5, 5.41) is 10.3. The first kappa shape index (κ1) is 15.6. The van der Waals surface area contributed by atoms with E-state index in [-0.39, 0.29) is 5.92 Å². The van der Waals surface area contributed by atoms with Crippen molar-refractivity contribution < 1.29 is 9.90 Å². The summed E-state index contributed by atoms with van der Waals surface area (Å²) in [6.07, 6.45) is 1.57. The Kier molecular flexibility index (Phi) is 3.87. The highest BCUT2D eigenvalue weighted by Crippen LogP contribution is 2.31. The van der Waals surface area contributed by atoms with Crippen LogP contribution in [0, 0.1) is 12.8 Å². The molecule has 2 aromatic heterocycles. The zero-order valence-corrected chi connectivity index (χ0v) is 14.1. The van der Waals surface area contributed by atoms with Crippen LogP contribution in [-0.4, -0.2) is 39.1 Å². The summed E-state index contributed by atoms with van der Waals surface area (Å²) < 4.78 is 0. The summed E-state index contributed by atoms with van der Waals surface area (Å²) >= 11 is 0. The summed E-state index contributed by atoms with van der Waals surface area (Å²) in [4.78, 5) is 26.3. The van der Waals surface area contributed by atoms with Gasteiger partial charge in [0.15, 0.2) is 5.82 Å². The van der Waals surface area contributed by atoms with Gasteiger partial charge in [-0.2, -0.15) is 0 Å². The molecule has 0 bridgehead atoms. The van der Waals surface area contributed by atoms with Crippen molar-refractivity contribution in [3.8, 4) is 11.4 Å². The van der Waals surface area contributed by atoms with Crippen molar-refractivity contribution >= 4 is 22.8 Å². The molecule has 3 heterocycles. The van der Waals surface area contributed by atoms with Gasteiger partial charge in [0.05, 0.1) is 11.3 Å². The molecule has 1 aromatic carbocycles. The molecule has 2 N–H and O–H groups in total. The number of benzene rings is 1. The minimum Gasteiger partial charge on any atom is -0.481 e. The van der Waals surface area contributed by atoms with Crippen molar-refractivity contribution in [1.82, 2.24) is 15.0 Å². The van der Waals surface area contributed by atoms with Crippen molar-refractivity contribution in [1.29, 1.82) is 0 Å². The summed E-state index contributed by atoms with van der Waals surface area (Å²) in [5.74, 6) is 0.393. The first-order chi connectivity index (χ1) is 12.1. The molecule has 1 aliphatic heterocycles. The Morgan fingerprint density at radius 2 is 2.08 bits per heavy atom. The highest BCUT2D eigenvalue weighted by Gasteiger charge is 2.28. The SMILES string of the molecule is Cc1cc2c(N3CCCC(C(=O)O)C3)nc(-c3ccccc3)nc2[nH]1. The van der Waals surface area contributed by atoms with Crippen LogP contribution in [-0.2, 0) is 4.79 Å². The van der Waals surface area contributed by atoms with Crippen LogP contribution >= 0.6 is 0 Å². The van der Waals surface area contributed by atoms with Crippen molar-refractivity contribution in [3.05, 3.63) is 42.1 Å². The van der Waals surface area contributed by atoms with Gasteiger partial charge in [-0.3, -0.25) is 4.79 Å². The number of hydrogen-bond acceptors (Lipinski definition) is 4. The van der Waals surface area contributed by atoms with Crippen LogP contribution in [0.15, 0.2) is 36.4 Å². The third-order valence-corrected chi connectivity index (χ3v) is 4.70. The number of aromatic amines is 1. The Balaban J connectivity index is 1.82.